The first kappa shape index (κ1) is 18.2. The zero-order chi connectivity index (χ0) is 16.1. The highest BCUT2D eigenvalue weighted by Gasteiger charge is 2.20. The lowest BCUT2D eigenvalue weighted by molar-refractivity contribution is -0.115. The van der Waals surface area contributed by atoms with Gasteiger partial charge < -0.3 is 15.4 Å². The monoisotopic (exact) mass is 350 g/mol. The van der Waals surface area contributed by atoms with Crippen molar-refractivity contribution in [3.05, 3.63) is 54.3 Å². The highest BCUT2D eigenvalue weighted by atomic mass is 35.5. The van der Waals surface area contributed by atoms with Gasteiger partial charge in [-0.2, -0.15) is 0 Å². The molecular formula is C18H20ClFN2O2. The van der Waals surface area contributed by atoms with E-state index in [1.165, 1.54) is 31.0 Å². The quantitative estimate of drug-likeness (QED) is 0.794. The van der Waals surface area contributed by atoms with E-state index in [0.717, 1.165) is 6.54 Å². The van der Waals surface area contributed by atoms with Crippen LogP contribution in [-0.2, 0) is 4.79 Å². The number of halogens is 2. The number of ether oxygens (including phenoxy) is 1. The molecule has 6 heteroatoms. The molecule has 1 fully saturated rings. The molecule has 1 saturated carbocycles. The maximum atomic E-state index is 13.5. The molecule has 0 aliphatic heterocycles. The van der Waals surface area contributed by atoms with Crippen molar-refractivity contribution in [1.82, 2.24) is 5.32 Å². The van der Waals surface area contributed by atoms with Crippen molar-refractivity contribution in [3.63, 3.8) is 0 Å². The minimum atomic E-state index is -0.424. The van der Waals surface area contributed by atoms with E-state index in [1.54, 1.807) is 12.1 Å². The number of carbonyl (C=O) groups excluding carboxylic acids is 1. The van der Waals surface area contributed by atoms with Crippen molar-refractivity contribution < 1.29 is 13.9 Å². The molecule has 24 heavy (non-hydrogen) atoms. The molecule has 128 valence electrons. The second kappa shape index (κ2) is 8.66. The molecule has 2 aromatic carbocycles. The molecule has 1 aliphatic rings. The normalized spacial score (nSPS) is 13.0. The van der Waals surface area contributed by atoms with Crippen molar-refractivity contribution in [2.45, 2.75) is 12.8 Å². The molecule has 2 aromatic rings. The summed E-state index contributed by atoms with van der Waals surface area (Å²) in [6.45, 7) is 1.06. The summed E-state index contributed by atoms with van der Waals surface area (Å²) in [4.78, 5) is 12.0. The fourth-order valence-corrected chi connectivity index (χ4v) is 2.21. The summed E-state index contributed by atoms with van der Waals surface area (Å²) in [7, 11) is 0. The van der Waals surface area contributed by atoms with E-state index in [-0.39, 0.29) is 24.9 Å². The van der Waals surface area contributed by atoms with Gasteiger partial charge in [0, 0.05) is 6.07 Å². The maximum absolute atomic E-state index is 13.5. The number of amides is 1. The molecule has 0 spiro atoms. The summed E-state index contributed by atoms with van der Waals surface area (Å²) in [6.07, 6.45) is 2.46. The Bertz CT molecular complexity index is 678. The van der Waals surface area contributed by atoms with Gasteiger partial charge in [-0.25, -0.2) is 4.39 Å². The van der Waals surface area contributed by atoms with Crippen molar-refractivity contribution in [2.24, 2.45) is 5.92 Å². The number of rotatable bonds is 7. The third-order valence-corrected chi connectivity index (χ3v) is 3.60. The number of hydrogen-bond acceptors (Lipinski definition) is 3. The number of nitrogens with one attached hydrogen (secondary N) is 2. The topological polar surface area (TPSA) is 50.4 Å². The second-order valence-corrected chi connectivity index (χ2v) is 5.68. The molecule has 1 aliphatic carbocycles. The first-order valence-electron chi connectivity index (χ1n) is 7.74. The number of hydrogen-bond donors (Lipinski definition) is 2. The van der Waals surface area contributed by atoms with Crippen LogP contribution >= 0.6 is 12.4 Å². The number of benzene rings is 2. The summed E-state index contributed by atoms with van der Waals surface area (Å²) in [5.41, 5.74) is 0.326. The molecular weight excluding hydrogens is 331 g/mol. The lowest BCUT2D eigenvalue weighted by Gasteiger charge is -2.13. The molecule has 2 N–H and O–H groups in total. The van der Waals surface area contributed by atoms with Gasteiger partial charge in [0.05, 0.1) is 12.2 Å². The van der Waals surface area contributed by atoms with Crippen LogP contribution in [0, 0.1) is 11.7 Å². The van der Waals surface area contributed by atoms with E-state index in [9.17, 15) is 9.18 Å². The van der Waals surface area contributed by atoms with Crippen LogP contribution in [-0.4, -0.2) is 19.0 Å². The van der Waals surface area contributed by atoms with Gasteiger partial charge in [-0.05, 0) is 49.6 Å². The average Bonchev–Trinajstić information content (AvgIpc) is 3.35. The number of carbonyl (C=O) groups is 1. The van der Waals surface area contributed by atoms with Crippen LogP contribution in [0.2, 0.25) is 0 Å². The lowest BCUT2D eigenvalue weighted by atomic mass is 10.2. The Hall–Kier alpha value is -2.11. The van der Waals surface area contributed by atoms with Crippen LogP contribution in [0.5, 0.6) is 11.5 Å². The largest absolute Gasteiger partial charge is 0.455 e. The van der Waals surface area contributed by atoms with E-state index in [4.69, 9.17) is 4.74 Å². The van der Waals surface area contributed by atoms with Gasteiger partial charge in [-0.3, -0.25) is 4.79 Å². The van der Waals surface area contributed by atoms with Crippen molar-refractivity contribution in [3.8, 4) is 11.5 Å². The maximum Gasteiger partial charge on any atom is 0.238 e. The van der Waals surface area contributed by atoms with E-state index < -0.39 is 5.82 Å². The molecule has 0 unspecified atom stereocenters. The third-order valence-electron chi connectivity index (χ3n) is 3.60. The van der Waals surface area contributed by atoms with Crippen molar-refractivity contribution >= 4 is 24.0 Å². The van der Waals surface area contributed by atoms with Crippen LogP contribution in [0.25, 0.3) is 0 Å². The Morgan fingerprint density at radius 3 is 2.62 bits per heavy atom. The van der Waals surface area contributed by atoms with Gasteiger partial charge in [0.2, 0.25) is 5.91 Å². The standard InChI is InChI=1S/C18H19FN2O2.ClH/c19-14-8-9-17(23-15-4-2-1-3-5-15)16(10-14)21-18(22)12-20-11-13-6-7-13;/h1-5,8-10,13,20H,6-7,11-12H2,(H,21,22);1H. The Labute approximate surface area is 146 Å². The van der Waals surface area contributed by atoms with E-state index in [2.05, 4.69) is 10.6 Å². The minimum Gasteiger partial charge on any atom is -0.455 e. The smallest absolute Gasteiger partial charge is 0.238 e. The van der Waals surface area contributed by atoms with Crippen LogP contribution in [0.4, 0.5) is 10.1 Å². The van der Waals surface area contributed by atoms with Crippen LogP contribution in [0.3, 0.4) is 0 Å². The van der Waals surface area contributed by atoms with Gasteiger partial charge in [0.25, 0.3) is 0 Å². The highest BCUT2D eigenvalue weighted by Crippen LogP contribution is 2.30. The highest BCUT2D eigenvalue weighted by molar-refractivity contribution is 5.93. The molecule has 0 bridgehead atoms. The van der Waals surface area contributed by atoms with Crippen molar-refractivity contribution in [1.29, 1.82) is 0 Å². The van der Waals surface area contributed by atoms with Gasteiger partial charge in [-0.1, -0.05) is 18.2 Å². The first-order valence-corrected chi connectivity index (χ1v) is 7.74. The predicted molar refractivity (Wildman–Crippen MR) is 94.4 cm³/mol. The van der Waals surface area contributed by atoms with Crippen LogP contribution < -0.4 is 15.4 Å². The second-order valence-electron chi connectivity index (χ2n) is 5.68. The van der Waals surface area contributed by atoms with E-state index in [1.807, 2.05) is 18.2 Å². The molecule has 0 saturated heterocycles. The van der Waals surface area contributed by atoms with Gasteiger partial charge in [0.15, 0.2) is 5.75 Å². The summed E-state index contributed by atoms with van der Waals surface area (Å²) in [5.74, 6) is 1.10. The summed E-state index contributed by atoms with van der Waals surface area (Å²) in [5, 5.41) is 5.80. The molecule has 0 heterocycles. The van der Waals surface area contributed by atoms with Crippen LogP contribution in [0.15, 0.2) is 48.5 Å². The molecule has 3 rings (SSSR count). The molecule has 0 atom stereocenters. The fraction of sp³-hybridized carbons (Fsp3) is 0.278. The predicted octanol–water partition coefficient (Wildman–Crippen LogP) is 3.98. The first-order chi connectivity index (χ1) is 11.2. The Balaban J connectivity index is 0.00000208. The average molecular weight is 351 g/mol. The van der Waals surface area contributed by atoms with Gasteiger partial charge >= 0.3 is 0 Å². The molecule has 4 nitrogen and oxygen atoms in total. The zero-order valence-corrected chi connectivity index (χ0v) is 13.9. The zero-order valence-electron chi connectivity index (χ0n) is 13.1. The fourth-order valence-electron chi connectivity index (χ4n) is 2.21. The molecule has 0 radical (unpaired) electrons. The summed E-state index contributed by atoms with van der Waals surface area (Å²) < 4.78 is 19.2. The number of anilines is 1. The van der Waals surface area contributed by atoms with Crippen molar-refractivity contribution in [2.75, 3.05) is 18.4 Å². The van der Waals surface area contributed by atoms with E-state index in [0.29, 0.717) is 23.1 Å². The molecule has 0 aromatic heterocycles. The third kappa shape index (κ3) is 5.51. The molecule has 1 amide bonds. The van der Waals surface area contributed by atoms with E-state index >= 15 is 0 Å². The Morgan fingerprint density at radius 2 is 1.92 bits per heavy atom. The number of para-hydroxylation sites is 1. The lowest BCUT2D eigenvalue weighted by Crippen LogP contribution is -2.29. The van der Waals surface area contributed by atoms with Crippen LogP contribution in [0.1, 0.15) is 12.8 Å². The summed E-state index contributed by atoms with van der Waals surface area (Å²) >= 11 is 0. The minimum absolute atomic E-state index is 0. The SMILES string of the molecule is Cl.O=C(CNCC1CC1)Nc1cc(F)ccc1Oc1ccccc1. The Morgan fingerprint density at radius 1 is 1.17 bits per heavy atom. The van der Waals surface area contributed by atoms with Gasteiger partial charge in [0.1, 0.15) is 11.6 Å². The van der Waals surface area contributed by atoms with Gasteiger partial charge in [-0.15, -0.1) is 12.4 Å². The summed E-state index contributed by atoms with van der Waals surface area (Å²) in [6, 6.07) is 13.2. The Kier molecular flexibility index (Phi) is 6.58.